The lowest BCUT2D eigenvalue weighted by Gasteiger charge is -2.37. The Hall–Kier alpha value is -2.28. The van der Waals surface area contributed by atoms with Gasteiger partial charge in [-0.15, -0.1) is 0 Å². The lowest BCUT2D eigenvalue weighted by molar-refractivity contribution is -0.0236. The number of carbonyl (C=O) groups is 1. The van der Waals surface area contributed by atoms with Crippen molar-refractivity contribution in [1.82, 2.24) is 15.2 Å². The van der Waals surface area contributed by atoms with E-state index in [4.69, 9.17) is 4.74 Å². The predicted octanol–water partition coefficient (Wildman–Crippen LogP) is 2.69. The Morgan fingerprint density at radius 3 is 2.68 bits per heavy atom. The zero-order valence-corrected chi connectivity index (χ0v) is 18.3. The van der Waals surface area contributed by atoms with E-state index >= 15 is 0 Å². The molecular weight excluding hydrogens is 390 g/mol. The predicted molar refractivity (Wildman–Crippen MR) is 120 cm³/mol. The number of aromatic nitrogens is 1. The van der Waals surface area contributed by atoms with E-state index < -0.39 is 0 Å². The number of amides is 1. The molecule has 6 heteroatoms. The van der Waals surface area contributed by atoms with Gasteiger partial charge in [-0.05, 0) is 49.8 Å². The Morgan fingerprint density at radius 2 is 1.94 bits per heavy atom. The van der Waals surface area contributed by atoms with E-state index in [1.807, 2.05) is 19.1 Å². The highest BCUT2D eigenvalue weighted by Gasteiger charge is 2.40. The number of hydrogen-bond acceptors (Lipinski definition) is 5. The van der Waals surface area contributed by atoms with Crippen LogP contribution in [-0.2, 0) is 10.2 Å². The highest BCUT2D eigenvalue weighted by molar-refractivity contribution is 5.94. The van der Waals surface area contributed by atoms with Crippen LogP contribution >= 0.6 is 0 Å². The number of ether oxygens (including phenoxy) is 1. The van der Waals surface area contributed by atoms with E-state index in [1.54, 1.807) is 12.4 Å². The first kappa shape index (κ1) is 21.9. The van der Waals surface area contributed by atoms with Gasteiger partial charge in [0.2, 0.25) is 0 Å². The third-order valence-electron chi connectivity index (χ3n) is 6.91. The molecule has 1 aliphatic heterocycles. The second kappa shape index (κ2) is 9.90. The number of hydrogen-bond donors (Lipinski definition) is 2. The minimum Gasteiger partial charge on any atom is -0.391 e. The second-order valence-electron chi connectivity index (χ2n) is 8.94. The van der Waals surface area contributed by atoms with Crippen molar-refractivity contribution < 1.29 is 14.6 Å². The molecule has 1 aromatic heterocycles. The second-order valence-corrected chi connectivity index (χ2v) is 8.94. The number of carbonyl (C=O) groups excluding carboxylic acids is 1. The van der Waals surface area contributed by atoms with Crippen LogP contribution in [0, 0.1) is 6.92 Å². The van der Waals surface area contributed by atoms with Crippen molar-refractivity contribution >= 4 is 5.91 Å². The summed E-state index contributed by atoms with van der Waals surface area (Å²) >= 11 is 0. The van der Waals surface area contributed by atoms with Crippen molar-refractivity contribution in [3.05, 3.63) is 65.5 Å². The molecule has 1 saturated carbocycles. The molecule has 3 atom stereocenters. The zero-order valence-electron chi connectivity index (χ0n) is 18.3. The van der Waals surface area contributed by atoms with Crippen LogP contribution in [0.15, 0.2) is 48.8 Å². The molecule has 166 valence electrons. The molecular formula is C25H33N3O3. The largest absolute Gasteiger partial charge is 0.391 e. The first-order valence-corrected chi connectivity index (χ1v) is 11.3. The van der Waals surface area contributed by atoms with E-state index in [1.165, 1.54) is 5.56 Å². The molecule has 6 nitrogen and oxygen atoms in total. The summed E-state index contributed by atoms with van der Waals surface area (Å²) in [6.45, 7) is 5.69. The third-order valence-corrected chi connectivity index (χ3v) is 6.91. The average Bonchev–Trinajstić information content (AvgIpc) is 2.98. The average molecular weight is 424 g/mol. The maximum absolute atomic E-state index is 12.9. The quantitative estimate of drug-likeness (QED) is 0.724. The number of aliphatic hydroxyl groups is 1. The van der Waals surface area contributed by atoms with E-state index in [2.05, 4.69) is 39.5 Å². The minimum absolute atomic E-state index is 0.0963. The van der Waals surface area contributed by atoms with Crippen LogP contribution < -0.4 is 5.32 Å². The number of morpholine rings is 1. The first-order valence-electron chi connectivity index (χ1n) is 11.3. The molecule has 0 unspecified atom stereocenters. The van der Waals surface area contributed by atoms with Gasteiger partial charge in [0.05, 0.1) is 24.9 Å². The van der Waals surface area contributed by atoms with Crippen molar-refractivity contribution in [3.8, 4) is 0 Å². The molecule has 2 fully saturated rings. The van der Waals surface area contributed by atoms with E-state index in [0.29, 0.717) is 12.1 Å². The molecule has 2 heterocycles. The van der Waals surface area contributed by atoms with Gasteiger partial charge >= 0.3 is 0 Å². The number of nitrogens with one attached hydrogen (secondary N) is 1. The molecule has 1 aliphatic carbocycles. The molecule has 2 aromatic rings. The maximum Gasteiger partial charge on any atom is 0.252 e. The molecule has 31 heavy (non-hydrogen) atoms. The summed E-state index contributed by atoms with van der Waals surface area (Å²) in [7, 11) is 0. The Morgan fingerprint density at radius 1 is 1.19 bits per heavy atom. The number of aliphatic hydroxyl groups excluding tert-OH is 1. The normalized spacial score (nSPS) is 27.4. The van der Waals surface area contributed by atoms with Crippen LogP contribution in [0.4, 0.5) is 0 Å². The van der Waals surface area contributed by atoms with Gasteiger partial charge in [0, 0.05) is 43.5 Å². The van der Waals surface area contributed by atoms with Crippen LogP contribution in [-0.4, -0.2) is 65.9 Å². The lowest BCUT2D eigenvalue weighted by atomic mass is 9.74. The highest BCUT2D eigenvalue weighted by atomic mass is 16.5. The molecule has 2 N–H and O–H groups in total. The third kappa shape index (κ3) is 5.14. The van der Waals surface area contributed by atoms with Gasteiger partial charge in [0.1, 0.15) is 0 Å². The van der Waals surface area contributed by atoms with Crippen molar-refractivity contribution in [2.45, 2.75) is 50.2 Å². The summed E-state index contributed by atoms with van der Waals surface area (Å²) in [6, 6.07) is 12.5. The molecule has 2 aliphatic rings. The van der Waals surface area contributed by atoms with Gasteiger partial charge in [0.25, 0.3) is 5.91 Å². The summed E-state index contributed by atoms with van der Waals surface area (Å²) in [5.41, 5.74) is 2.59. The van der Waals surface area contributed by atoms with Gasteiger partial charge in [-0.2, -0.15) is 0 Å². The fraction of sp³-hybridized carbons (Fsp3) is 0.520. The lowest BCUT2D eigenvalue weighted by Crippen LogP contribution is -2.48. The number of pyridine rings is 1. The molecule has 4 rings (SSSR count). The van der Waals surface area contributed by atoms with Gasteiger partial charge in [-0.1, -0.05) is 30.3 Å². The smallest absolute Gasteiger partial charge is 0.252 e. The Balaban J connectivity index is 1.53. The zero-order chi connectivity index (χ0) is 21.7. The Bertz CT molecular complexity index is 869. The summed E-state index contributed by atoms with van der Waals surface area (Å²) < 4.78 is 5.51. The van der Waals surface area contributed by atoms with E-state index in [-0.39, 0.29) is 23.5 Å². The molecule has 1 amide bonds. The summed E-state index contributed by atoms with van der Waals surface area (Å²) in [6.07, 6.45) is 6.38. The summed E-state index contributed by atoms with van der Waals surface area (Å²) in [5.74, 6) is -0.0963. The van der Waals surface area contributed by atoms with E-state index in [9.17, 15) is 9.90 Å². The van der Waals surface area contributed by atoms with Crippen molar-refractivity contribution in [2.24, 2.45) is 0 Å². The fourth-order valence-electron chi connectivity index (χ4n) is 5.08. The van der Waals surface area contributed by atoms with Crippen molar-refractivity contribution in [1.29, 1.82) is 0 Å². The maximum atomic E-state index is 12.9. The van der Waals surface area contributed by atoms with Crippen LogP contribution in [0.1, 0.15) is 47.2 Å². The topological polar surface area (TPSA) is 74.7 Å². The molecule has 1 aromatic carbocycles. The van der Waals surface area contributed by atoms with Crippen molar-refractivity contribution in [2.75, 3.05) is 32.8 Å². The summed E-state index contributed by atoms with van der Waals surface area (Å²) in [4.78, 5) is 19.4. The Labute approximate surface area is 184 Å². The first-order chi connectivity index (χ1) is 15.1. The van der Waals surface area contributed by atoms with Crippen LogP contribution in [0.2, 0.25) is 0 Å². The monoisotopic (exact) mass is 423 g/mol. The molecule has 1 saturated heterocycles. The highest BCUT2D eigenvalue weighted by Crippen LogP contribution is 2.39. The summed E-state index contributed by atoms with van der Waals surface area (Å²) in [5, 5.41) is 14.2. The van der Waals surface area contributed by atoms with Gasteiger partial charge in [-0.3, -0.25) is 14.7 Å². The van der Waals surface area contributed by atoms with Gasteiger partial charge in [-0.25, -0.2) is 0 Å². The Kier molecular flexibility index (Phi) is 7.00. The van der Waals surface area contributed by atoms with Crippen LogP contribution in [0.3, 0.4) is 0 Å². The number of aryl methyl sites for hydroxylation is 1. The van der Waals surface area contributed by atoms with Crippen LogP contribution in [0.25, 0.3) is 0 Å². The van der Waals surface area contributed by atoms with E-state index in [0.717, 1.165) is 57.6 Å². The fourth-order valence-corrected chi connectivity index (χ4v) is 5.08. The van der Waals surface area contributed by atoms with Crippen LogP contribution in [0.5, 0.6) is 0 Å². The van der Waals surface area contributed by atoms with Crippen molar-refractivity contribution in [3.63, 3.8) is 0 Å². The number of rotatable bonds is 5. The van der Waals surface area contributed by atoms with Gasteiger partial charge < -0.3 is 15.2 Å². The standard InChI is InChI=1S/C25H33N3O3/c1-19-15-20(17-26-16-19)24(30)27-18-25(21-5-3-2-4-6-21)9-7-22(23(29)8-10-25)28-11-13-31-14-12-28/h2-6,15-17,22-23,29H,7-14,18H2,1H3,(H,27,30)/t22-,23-,25+/m0/s1. The minimum atomic E-state index is -0.361. The molecule has 0 spiro atoms. The van der Waals surface area contributed by atoms with Gasteiger partial charge in [0.15, 0.2) is 0 Å². The number of benzene rings is 1. The molecule has 0 bridgehead atoms. The number of nitrogens with zero attached hydrogens (tertiary/aromatic N) is 2. The SMILES string of the molecule is Cc1cncc(C(=O)NC[C@]2(c3ccccc3)CC[C@H](O)[C@@H](N3CCOCC3)CC2)c1. The molecule has 0 radical (unpaired) electrons.